The summed E-state index contributed by atoms with van der Waals surface area (Å²) in [5.41, 5.74) is 0. The van der Waals surface area contributed by atoms with Crippen LogP contribution in [0, 0.1) is 17.8 Å². The molecule has 0 radical (unpaired) electrons. The lowest BCUT2D eigenvalue weighted by molar-refractivity contribution is -0.145. The van der Waals surface area contributed by atoms with Gasteiger partial charge in [-0.15, -0.1) is 0 Å². The van der Waals surface area contributed by atoms with Crippen molar-refractivity contribution in [1.29, 1.82) is 0 Å². The number of carboxylic acid groups (broad SMARTS) is 1. The number of nitrogens with zero attached hydrogens (tertiary/aromatic N) is 1. The Morgan fingerprint density at radius 1 is 1.27 bits per heavy atom. The molecule has 0 aromatic carbocycles. The van der Waals surface area contributed by atoms with Crippen LogP contribution in [-0.2, 0) is 9.59 Å². The van der Waals surface area contributed by atoms with Gasteiger partial charge >= 0.3 is 5.97 Å². The zero-order chi connectivity index (χ0) is 19.9. The Balaban J connectivity index is 3.16. The number of nitrogens with one attached hydrogen (secondary N) is 3. The van der Waals surface area contributed by atoms with Gasteiger partial charge < -0.3 is 26.2 Å². The van der Waals surface area contributed by atoms with Crippen LogP contribution < -0.4 is 16.0 Å². The molecule has 0 aromatic heterocycles. The third-order valence-electron chi connectivity index (χ3n) is 5.47. The van der Waals surface area contributed by atoms with E-state index in [9.17, 15) is 19.8 Å². The fourth-order valence-corrected chi connectivity index (χ4v) is 3.98. The Morgan fingerprint density at radius 2 is 1.88 bits per heavy atom. The lowest BCUT2D eigenvalue weighted by Crippen LogP contribution is -2.53. The molecule has 5 unspecified atom stereocenters. The Hall–Kier alpha value is -1.83. The molecule has 0 heterocycles. The van der Waals surface area contributed by atoms with E-state index in [0.717, 1.165) is 12.8 Å². The quantitative estimate of drug-likeness (QED) is 0.314. The summed E-state index contributed by atoms with van der Waals surface area (Å²) in [6, 6.07) is -0.604. The van der Waals surface area contributed by atoms with E-state index < -0.39 is 23.9 Å². The van der Waals surface area contributed by atoms with E-state index in [2.05, 4.69) is 34.8 Å². The maximum atomic E-state index is 11.8. The average molecular weight is 370 g/mol. The van der Waals surface area contributed by atoms with Gasteiger partial charge in [0.2, 0.25) is 5.91 Å². The highest BCUT2D eigenvalue weighted by Crippen LogP contribution is 2.37. The summed E-state index contributed by atoms with van der Waals surface area (Å²) in [4.78, 5) is 27.4. The van der Waals surface area contributed by atoms with Crippen LogP contribution in [0.5, 0.6) is 0 Å². The van der Waals surface area contributed by atoms with Crippen molar-refractivity contribution in [3.8, 4) is 0 Å². The maximum Gasteiger partial charge on any atom is 0.309 e. The van der Waals surface area contributed by atoms with Crippen LogP contribution in [0.4, 0.5) is 0 Å². The molecule has 5 atom stereocenters. The molecule has 0 bridgehead atoms. The van der Waals surface area contributed by atoms with E-state index in [1.54, 1.807) is 14.1 Å². The maximum absolute atomic E-state index is 11.8. The number of guanidine groups is 1. The third kappa shape index (κ3) is 5.59. The highest BCUT2D eigenvalue weighted by molar-refractivity contribution is 5.80. The second-order valence-electron chi connectivity index (χ2n) is 7.05. The minimum atomic E-state index is -1.04. The number of aliphatic carboxylic acids is 1. The van der Waals surface area contributed by atoms with Crippen LogP contribution in [0.1, 0.15) is 46.5 Å². The second-order valence-corrected chi connectivity index (χ2v) is 7.05. The van der Waals surface area contributed by atoms with Crippen LogP contribution in [0.15, 0.2) is 4.99 Å². The molecule has 8 nitrogen and oxygen atoms in total. The van der Waals surface area contributed by atoms with Gasteiger partial charge in [0.15, 0.2) is 5.96 Å². The molecule has 0 spiro atoms. The van der Waals surface area contributed by atoms with Gasteiger partial charge in [-0.1, -0.05) is 26.7 Å². The second kappa shape index (κ2) is 10.4. The average Bonchev–Trinajstić information content (AvgIpc) is 2.92. The van der Waals surface area contributed by atoms with Crippen LogP contribution in [-0.4, -0.2) is 60.3 Å². The molecular weight excluding hydrogens is 336 g/mol. The molecule has 1 fully saturated rings. The van der Waals surface area contributed by atoms with Crippen molar-refractivity contribution >= 4 is 17.8 Å². The lowest BCUT2D eigenvalue weighted by Gasteiger charge is -2.34. The molecule has 0 saturated heterocycles. The van der Waals surface area contributed by atoms with E-state index in [4.69, 9.17) is 0 Å². The van der Waals surface area contributed by atoms with Crippen molar-refractivity contribution in [3.63, 3.8) is 0 Å². The van der Waals surface area contributed by atoms with Gasteiger partial charge in [-0.25, -0.2) is 0 Å². The number of carbonyl (C=O) groups excluding carboxylic acids is 1. The minimum absolute atomic E-state index is 0.177. The number of aliphatic hydroxyl groups is 1. The highest BCUT2D eigenvalue weighted by atomic mass is 16.4. The van der Waals surface area contributed by atoms with Gasteiger partial charge in [0, 0.05) is 39.0 Å². The van der Waals surface area contributed by atoms with Crippen LogP contribution in [0.3, 0.4) is 0 Å². The number of aliphatic hydroxyl groups excluding tert-OH is 1. The predicted octanol–water partition coefficient (Wildman–Crippen LogP) is 0.562. The number of aliphatic imine (C=N–C) groups is 1. The third-order valence-corrected chi connectivity index (χ3v) is 5.47. The Bertz CT molecular complexity index is 507. The first-order chi connectivity index (χ1) is 12.3. The van der Waals surface area contributed by atoms with Gasteiger partial charge in [-0.3, -0.25) is 14.6 Å². The summed E-state index contributed by atoms with van der Waals surface area (Å²) in [7, 11) is 3.35. The van der Waals surface area contributed by atoms with Crippen molar-refractivity contribution in [2.45, 2.75) is 64.6 Å². The van der Waals surface area contributed by atoms with E-state index in [0.29, 0.717) is 18.3 Å². The standard InChI is InChI=1S/C18H34N4O4/c1-6-11(7-2)8-13(21-10(3)23)15-14(22-18(19-4)20-5)9-12(16(15)24)17(25)26/h11-16,24H,6-9H2,1-5H3,(H,21,23)(H,25,26)(H2,19,20,22). The highest BCUT2D eigenvalue weighted by Gasteiger charge is 2.49. The summed E-state index contributed by atoms with van der Waals surface area (Å²) in [6.07, 6.45) is 1.88. The Morgan fingerprint density at radius 3 is 2.31 bits per heavy atom. The number of rotatable bonds is 8. The molecular formula is C18H34N4O4. The molecule has 1 rings (SSSR count). The van der Waals surface area contributed by atoms with Gasteiger partial charge in [0.1, 0.15) is 0 Å². The molecule has 8 heteroatoms. The van der Waals surface area contributed by atoms with E-state index in [1.165, 1.54) is 6.92 Å². The van der Waals surface area contributed by atoms with Crippen LogP contribution in [0.2, 0.25) is 0 Å². The fraction of sp³-hybridized carbons (Fsp3) is 0.833. The fourth-order valence-electron chi connectivity index (χ4n) is 3.98. The number of amides is 1. The molecule has 1 aliphatic carbocycles. The predicted molar refractivity (Wildman–Crippen MR) is 101 cm³/mol. The van der Waals surface area contributed by atoms with E-state index in [-0.39, 0.29) is 24.4 Å². The minimum Gasteiger partial charge on any atom is -0.481 e. The molecule has 1 aliphatic rings. The Labute approximate surface area is 155 Å². The van der Waals surface area contributed by atoms with Crippen molar-refractivity contribution in [1.82, 2.24) is 16.0 Å². The van der Waals surface area contributed by atoms with Crippen molar-refractivity contribution in [2.75, 3.05) is 14.1 Å². The van der Waals surface area contributed by atoms with Gasteiger partial charge in [0.25, 0.3) is 0 Å². The Kier molecular flexibility index (Phi) is 8.84. The van der Waals surface area contributed by atoms with Crippen LogP contribution >= 0.6 is 0 Å². The summed E-state index contributed by atoms with van der Waals surface area (Å²) in [6.45, 7) is 5.65. The van der Waals surface area contributed by atoms with Crippen molar-refractivity contribution in [2.24, 2.45) is 22.7 Å². The number of hydrogen-bond donors (Lipinski definition) is 5. The molecule has 0 aromatic rings. The largest absolute Gasteiger partial charge is 0.481 e. The molecule has 1 saturated carbocycles. The number of carbonyl (C=O) groups is 2. The van der Waals surface area contributed by atoms with Crippen molar-refractivity contribution < 1.29 is 19.8 Å². The smallest absolute Gasteiger partial charge is 0.309 e. The molecule has 1 amide bonds. The first kappa shape index (κ1) is 22.2. The normalized spacial score (nSPS) is 27.3. The summed E-state index contributed by atoms with van der Waals surface area (Å²) in [5, 5.41) is 29.3. The summed E-state index contributed by atoms with van der Waals surface area (Å²) in [5.74, 6) is -1.55. The first-order valence-corrected chi connectivity index (χ1v) is 9.37. The zero-order valence-corrected chi connectivity index (χ0v) is 16.5. The number of carboxylic acids is 1. The van der Waals surface area contributed by atoms with E-state index in [1.807, 2.05) is 0 Å². The van der Waals surface area contributed by atoms with E-state index >= 15 is 0 Å². The molecule has 150 valence electrons. The number of hydrogen-bond acceptors (Lipinski definition) is 4. The van der Waals surface area contributed by atoms with Gasteiger partial charge in [-0.2, -0.15) is 0 Å². The SMILES string of the molecule is CCC(CC)CC(NC(C)=O)C1C(N/C(=N/C)NC)CC(C(=O)O)C1O. The lowest BCUT2D eigenvalue weighted by atomic mass is 9.83. The summed E-state index contributed by atoms with van der Waals surface area (Å²) >= 11 is 0. The van der Waals surface area contributed by atoms with Gasteiger partial charge in [-0.05, 0) is 18.8 Å². The van der Waals surface area contributed by atoms with Crippen LogP contribution in [0.25, 0.3) is 0 Å². The van der Waals surface area contributed by atoms with Gasteiger partial charge in [0.05, 0.1) is 12.0 Å². The summed E-state index contributed by atoms with van der Waals surface area (Å²) < 4.78 is 0. The molecule has 0 aliphatic heterocycles. The zero-order valence-electron chi connectivity index (χ0n) is 16.5. The molecule has 5 N–H and O–H groups in total. The molecule has 26 heavy (non-hydrogen) atoms. The first-order valence-electron chi connectivity index (χ1n) is 9.37. The topological polar surface area (TPSA) is 123 Å². The monoisotopic (exact) mass is 370 g/mol. The van der Waals surface area contributed by atoms with Crippen molar-refractivity contribution in [3.05, 3.63) is 0 Å².